The maximum atomic E-state index is 12.4. The lowest BCUT2D eigenvalue weighted by atomic mass is 9.57. The summed E-state index contributed by atoms with van der Waals surface area (Å²) in [6, 6.07) is 0. The minimum absolute atomic E-state index is 0.106. The number of carbonyl (C=O) groups is 1. The van der Waals surface area contributed by atoms with Crippen LogP contribution in [0.3, 0.4) is 0 Å². The van der Waals surface area contributed by atoms with Gasteiger partial charge in [0.25, 0.3) is 0 Å². The van der Waals surface area contributed by atoms with Crippen LogP contribution < -0.4 is 0 Å². The fourth-order valence-electron chi connectivity index (χ4n) is 5.07. The summed E-state index contributed by atoms with van der Waals surface area (Å²) in [4.78, 5) is 24.0. The van der Waals surface area contributed by atoms with E-state index in [0.717, 1.165) is 32.1 Å². The smallest absolute Gasteiger partial charge is 0.311 e. The van der Waals surface area contributed by atoms with Gasteiger partial charge in [0.2, 0.25) is 12.1 Å². The van der Waals surface area contributed by atoms with E-state index in [-0.39, 0.29) is 17.8 Å². The van der Waals surface area contributed by atoms with E-state index >= 15 is 0 Å². The van der Waals surface area contributed by atoms with Gasteiger partial charge in [0, 0.05) is 18.3 Å². The molecule has 0 aromatic carbocycles. The molecule has 118 valence electrons. The number of esters is 1. The lowest BCUT2D eigenvalue weighted by Crippen LogP contribution is -2.69. The fraction of sp³-hybridized carbons (Fsp3) is 0.938. The van der Waals surface area contributed by atoms with Crippen molar-refractivity contribution >= 4 is 5.97 Å². The van der Waals surface area contributed by atoms with Gasteiger partial charge in [-0.05, 0) is 38.5 Å². The van der Waals surface area contributed by atoms with Crippen molar-refractivity contribution in [3.05, 3.63) is 0 Å². The topological polar surface area (TPSA) is 54.0 Å². The molecule has 5 nitrogen and oxygen atoms in total. The molecule has 21 heavy (non-hydrogen) atoms. The number of hydrogen-bond donors (Lipinski definition) is 0. The van der Waals surface area contributed by atoms with Crippen LogP contribution in [0.15, 0.2) is 0 Å². The van der Waals surface area contributed by atoms with Gasteiger partial charge in [-0.1, -0.05) is 13.8 Å². The van der Waals surface area contributed by atoms with Crippen molar-refractivity contribution in [1.29, 1.82) is 0 Å². The molecule has 5 aliphatic rings. The molecule has 5 heteroatoms. The van der Waals surface area contributed by atoms with Crippen LogP contribution in [0.1, 0.15) is 52.9 Å². The molecular formula is C16H24O5. The fourth-order valence-corrected chi connectivity index (χ4v) is 5.07. The molecule has 4 heterocycles. The van der Waals surface area contributed by atoms with Crippen LogP contribution in [-0.4, -0.2) is 23.6 Å². The molecule has 1 spiro atoms. The Labute approximate surface area is 125 Å². The Morgan fingerprint density at radius 3 is 2.76 bits per heavy atom. The van der Waals surface area contributed by atoms with Crippen LogP contribution in [0, 0.1) is 23.7 Å². The summed E-state index contributed by atoms with van der Waals surface area (Å²) in [6.45, 7) is 6.19. The van der Waals surface area contributed by atoms with Crippen molar-refractivity contribution in [2.45, 2.75) is 70.6 Å². The van der Waals surface area contributed by atoms with E-state index in [2.05, 4.69) is 6.92 Å². The maximum absolute atomic E-state index is 12.4. The quantitative estimate of drug-likeness (QED) is 0.550. The molecule has 0 amide bonds. The van der Waals surface area contributed by atoms with Crippen molar-refractivity contribution in [3.63, 3.8) is 0 Å². The van der Waals surface area contributed by atoms with Crippen molar-refractivity contribution in [2.24, 2.45) is 23.7 Å². The normalized spacial score (nSPS) is 55.6. The van der Waals surface area contributed by atoms with E-state index in [9.17, 15) is 4.79 Å². The highest BCUT2D eigenvalue weighted by Crippen LogP contribution is 2.60. The zero-order chi connectivity index (χ0) is 14.8. The van der Waals surface area contributed by atoms with E-state index in [1.54, 1.807) is 0 Å². The second-order valence-electron chi connectivity index (χ2n) is 7.36. The molecular weight excluding hydrogens is 272 g/mol. The van der Waals surface area contributed by atoms with E-state index < -0.39 is 17.7 Å². The number of carbonyl (C=O) groups excluding carboxylic acids is 1. The molecule has 1 saturated carbocycles. The average molecular weight is 296 g/mol. The maximum Gasteiger partial charge on any atom is 0.311 e. The third kappa shape index (κ3) is 1.71. The highest BCUT2D eigenvalue weighted by molar-refractivity contribution is 5.74. The molecule has 1 unspecified atom stereocenters. The van der Waals surface area contributed by atoms with E-state index in [1.807, 2.05) is 13.8 Å². The summed E-state index contributed by atoms with van der Waals surface area (Å²) < 4.78 is 11.7. The van der Waals surface area contributed by atoms with Crippen LogP contribution in [-0.2, 0) is 24.0 Å². The standard InChI is InChI=1S/C16H24O5/c1-4-10-12-6-5-9(2)11-7-8-15(3)19-14(18-13(10)17)16(11,12)21-20-15/h9-12,14H,4-8H2,1-3H3/t9-,10-,11?,12+,14-,15-,16-/m1/s1. The van der Waals surface area contributed by atoms with Crippen LogP contribution in [0.2, 0.25) is 0 Å². The van der Waals surface area contributed by atoms with Gasteiger partial charge in [-0.15, -0.1) is 0 Å². The SMILES string of the molecule is CC[C@H]1C(=O)O[C@@H]2O[C@@]3(C)CCC4[C@H](C)CC[C@@H]1[C@]42OO3. The second kappa shape index (κ2) is 4.43. The molecule has 4 saturated heterocycles. The monoisotopic (exact) mass is 296 g/mol. The molecule has 0 aromatic heterocycles. The van der Waals surface area contributed by atoms with Gasteiger partial charge in [-0.25, -0.2) is 9.78 Å². The predicted molar refractivity (Wildman–Crippen MR) is 72.7 cm³/mol. The summed E-state index contributed by atoms with van der Waals surface area (Å²) in [6.07, 6.45) is 4.05. The van der Waals surface area contributed by atoms with Crippen molar-refractivity contribution in [3.8, 4) is 0 Å². The van der Waals surface area contributed by atoms with Crippen LogP contribution >= 0.6 is 0 Å². The third-order valence-electron chi connectivity index (χ3n) is 6.23. The molecule has 5 fully saturated rings. The minimum Gasteiger partial charge on any atom is -0.432 e. The number of ether oxygens (including phenoxy) is 2. The highest BCUT2D eigenvalue weighted by Gasteiger charge is 2.70. The van der Waals surface area contributed by atoms with Crippen LogP contribution in [0.25, 0.3) is 0 Å². The lowest BCUT2D eigenvalue weighted by Gasteiger charge is -2.58. The molecule has 0 radical (unpaired) electrons. The third-order valence-corrected chi connectivity index (χ3v) is 6.23. The molecule has 1 aliphatic carbocycles. The first-order valence-electron chi connectivity index (χ1n) is 8.25. The Morgan fingerprint density at radius 2 is 2.00 bits per heavy atom. The lowest BCUT2D eigenvalue weighted by molar-refractivity contribution is -0.559. The van der Waals surface area contributed by atoms with Crippen molar-refractivity contribution in [2.75, 3.05) is 0 Å². The number of fused-ring (bicyclic) bond motifs is 2. The van der Waals surface area contributed by atoms with Gasteiger partial charge >= 0.3 is 5.97 Å². The largest absolute Gasteiger partial charge is 0.432 e. The van der Waals surface area contributed by atoms with Gasteiger partial charge in [-0.3, -0.25) is 4.79 Å². The first-order chi connectivity index (χ1) is 10.00. The van der Waals surface area contributed by atoms with Gasteiger partial charge < -0.3 is 9.47 Å². The first kappa shape index (κ1) is 14.0. The molecule has 0 N–H and O–H groups in total. The van der Waals surface area contributed by atoms with Crippen molar-refractivity contribution in [1.82, 2.24) is 0 Å². The first-order valence-corrected chi connectivity index (χ1v) is 8.25. The summed E-state index contributed by atoms with van der Waals surface area (Å²) in [7, 11) is 0. The Bertz CT molecular complexity index is 466. The molecule has 5 rings (SSSR count). The Kier molecular flexibility index (Phi) is 2.95. The van der Waals surface area contributed by atoms with E-state index in [0.29, 0.717) is 11.8 Å². The number of rotatable bonds is 1. The Balaban J connectivity index is 1.82. The minimum atomic E-state index is -0.795. The van der Waals surface area contributed by atoms with Gasteiger partial charge in [0.05, 0.1) is 5.92 Å². The van der Waals surface area contributed by atoms with Gasteiger partial charge in [-0.2, -0.15) is 0 Å². The Morgan fingerprint density at radius 1 is 1.19 bits per heavy atom. The van der Waals surface area contributed by atoms with Gasteiger partial charge in [0.15, 0.2) is 5.60 Å². The van der Waals surface area contributed by atoms with Crippen LogP contribution in [0.5, 0.6) is 0 Å². The molecule has 7 atom stereocenters. The summed E-state index contributed by atoms with van der Waals surface area (Å²) in [5.74, 6) is -0.0373. The zero-order valence-electron chi connectivity index (χ0n) is 13.0. The summed E-state index contributed by atoms with van der Waals surface area (Å²) in [5, 5.41) is 0. The van der Waals surface area contributed by atoms with Crippen LogP contribution in [0.4, 0.5) is 0 Å². The van der Waals surface area contributed by atoms with Gasteiger partial charge in [0.1, 0.15) is 0 Å². The van der Waals surface area contributed by atoms with E-state index in [1.165, 1.54) is 0 Å². The van der Waals surface area contributed by atoms with E-state index in [4.69, 9.17) is 19.2 Å². The average Bonchev–Trinajstić information content (AvgIpc) is 2.67. The second-order valence-corrected chi connectivity index (χ2v) is 7.36. The Hall–Kier alpha value is -0.650. The number of hydrogen-bond acceptors (Lipinski definition) is 5. The molecule has 0 aromatic rings. The summed E-state index contributed by atoms with van der Waals surface area (Å²) >= 11 is 0. The molecule has 2 bridgehead atoms. The highest BCUT2D eigenvalue weighted by atomic mass is 17.3. The summed E-state index contributed by atoms with van der Waals surface area (Å²) in [5.41, 5.74) is -0.609. The zero-order valence-corrected chi connectivity index (χ0v) is 13.0. The van der Waals surface area contributed by atoms with Crippen molar-refractivity contribution < 1.29 is 24.0 Å². The predicted octanol–water partition coefficient (Wildman–Crippen LogP) is 2.79. The molecule has 4 aliphatic heterocycles.